The highest BCUT2D eigenvalue weighted by Crippen LogP contribution is 2.30. The minimum absolute atomic E-state index is 0.169. The van der Waals surface area contributed by atoms with Crippen LogP contribution in [-0.4, -0.2) is 15.5 Å². The van der Waals surface area contributed by atoms with E-state index in [0.29, 0.717) is 20.9 Å². The Morgan fingerprint density at radius 1 is 1.24 bits per heavy atom. The van der Waals surface area contributed by atoms with Crippen LogP contribution >= 0.6 is 22.9 Å². The van der Waals surface area contributed by atoms with E-state index in [0.717, 1.165) is 16.7 Å². The number of nitrogens with one attached hydrogen (secondary N) is 1. The minimum Gasteiger partial charge on any atom is -0.324 e. The zero-order valence-corrected chi connectivity index (χ0v) is 16.9. The number of rotatable bonds is 4. The Balaban J connectivity index is 1.61. The molecule has 0 atom stereocenters. The zero-order chi connectivity index (χ0) is 20.5. The summed E-state index contributed by atoms with van der Waals surface area (Å²) in [7, 11) is 0. The summed E-state index contributed by atoms with van der Waals surface area (Å²) in [4.78, 5) is 29.6. The summed E-state index contributed by atoms with van der Waals surface area (Å²) < 4.78 is 14.9. The number of carbonyl (C=O) groups excluding carboxylic acids is 1. The van der Waals surface area contributed by atoms with Crippen LogP contribution in [0.15, 0.2) is 59.0 Å². The van der Waals surface area contributed by atoms with Gasteiger partial charge in [-0.2, -0.15) is 0 Å². The van der Waals surface area contributed by atoms with Gasteiger partial charge in [0.15, 0.2) is 0 Å². The first-order valence-electron chi connectivity index (χ1n) is 8.71. The Labute approximate surface area is 174 Å². The molecule has 0 aliphatic carbocycles. The monoisotopic (exact) mass is 427 g/mol. The predicted octanol–water partition coefficient (Wildman–Crippen LogP) is 4.86. The van der Waals surface area contributed by atoms with E-state index in [1.54, 1.807) is 37.3 Å². The molecule has 4 aromatic rings. The van der Waals surface area contributed by atoms with Gasteiger partial charge in [0.25, 0.3) is 5.56 Å². The van der Waals surface area contributed by atoms with Crippen molar-refractivity contribution in [1.82, 2.24) is 9.55 Å². The van der Waals surface area contributed by atoms with Gasteiger partial charge in [0.05, 0.1) is 11.8 Å². The summed E-state index contributed by atoms with van der Waals surface area (Å²) in [6.07, 6.45) is 1.36. The number of nitrogens with zero attached hydrogens (tertiary/aromatic N) is 2. The summed E-state index contributed by atoms with van der Waals surface area (Å²) >= 11 is 7.32. The van der Waals surface area contributed by atoms with Crippen LogP contribution in [0, 0.1) is 12.7 Å². The quantitative estimate of drug-likeness (QED) is 0.505. The first-order valence-corrected chi connectivity index (χ1v) is 9.97. The summed E-state index contributed by atoms with van der Waals surface area (Å²) in [6, 6.07) is 11.2. The van der Waals surface area contributed by atoms with Crippen molar-refractivity contribution < 1.29 is 9.18 Å². The molecule has 0 aliphatic heterocycles. The van der Waals surface area contributed by atoms with Crippen LogP contribution in [0.4, 0.5) is 10.1 Å². The molecule has 2 heterocycles. The third-order valence-electron chi connectivity index (χ3n) is 4.56. The number of hydrogen-bond acceptors (Lipinski definition) is 4. The lowest BCUT2D eigenvalue weighted by Crippen LogP contribution is -2.27. The first-order chi connectivity index (χ1) is 13.9. The van der Waals surface area contributed by atoms with Crippen molar-refractivity contribution in [2.45, 2.75) is 13.5 Å². The molecule has 2 aromatic carbocycles. The fourth-order valence-corrected chi connectivity index (χ4v) is 4.13. The van der Waals surface area contributed by atoms with E-state index in [4.69, 9.17) is 11.6 Å². The average Bonchev–Trinajstić information content (AvgIpc) is 3.13. The first kappa shape index (κ1) is 19.3. The van der Waals surface area contributed by atoms with Gasteiger partial charge in [-0.15, -0.1) is 11.3 Å². The molecular weight excluding hydrogens is 413 g/mol. The van der Waals surface area contributed by atoms with E-state index in [9.17, 15) is 14.0 Å². The van der Waals surface area contributed by atoms with E-state index >= 15 is 0 Å². The van der Waals surface area contributed by atoms with Crippen molar-refractivity contribution in [3.05, 3.63) is 80.9 Å². The van der Waals surface area contributed by atoms with Crippen LogP contribution in [-0.2, 0) is 11.3 Å². The molecule has 0 bridgehead atoms. The Kier molecular flexibility index (Phi) is 5.17. The average molecular weight is 428 g/mol. The maximum atomic E-state index is 13.2. The second-order valence-corrected chi connectivity index (χ2v) is 7.76. The predicted molar refractivity (Wildman–Crippen MR) is 114 cm³/mol. The highest BCUT2D eigenvalue weighted by molar-refractivity contribution is 7.17. The molecule has 8 heteroatoms. The highest BCUT2D eigenvalue weighted by Gasteiger charge is 2.15. The van der Waals surface area contributed by atoms with Crippen molar-refractivity contribution in [2.24, 2.45) is 0 Å². The van der Waals surface area contributed by atoms with Crippen LogP contribution < -0.4 is 10.9 Å². The summed E-state index contributed by atoms with van der Waals surface area (Å²) in [5.74, 6) is -0.682. The van der Waals surface area contributed by atoms with Crippen LogP contribution in [0.3, 0.4) is 0 Å². The van der Waals surface area contributed by atoms with Gasteiger partial charge in [-0.1, -0.05) is 29.8 Å². The van der Waals surface area contributed by atoms with Gasteiger partial charge in [-0.25, -0.2) is 9.37 Å². The molecule has 0 saturated carbocycles. The number of benzene rings is 2. The Morgan fingerprint density at radius 2 is 2.00 bits per heavy atom. The summed E-state index contributed by atoms with van der Waals surface area (Å²) in [5, 5.41) is 5.13. The molecule has 2 aromatic heterocycles. The molecule has 1 amide bonds. The fraction of sp³-hybridized carbons (Fsp3) is 0.0952. The number of carbonyl (C=O) groups is 1. The molecule has 5 nitrogen and oxygen atoms in total. The van der Waals surface area contributed by atoms with Crippen molar-refractivity contribution in [3.63, 3.8) is 0 Å². The van der Waals surface area contributed by atoms with Crippen molar-refractivity contribution in [1.29, 1.82) is 0 Å². The second-order valence-electron chi connectivity index (χ2n) is 6.47. The van der Waals surface area contributed by atoms with Gasteiger partial charge in [0.2, 0.25) is 5.91 Å². The van der Waals surface area contributed by atoms with Gasteiger partial charge in [0, 0.05) is 21.7 Å². The Bertz CT molecular complexity index is 1280. The molecule has 146 valence electrons. The Morgan fingerprint density at radius 3 is 2.76 bits per heavy atom. The van der Waals surface area contributed by atoms with E-state index in [1.807, 2.05) is 5.38 Å². The number of anilines is 1. The molecule has 0 spiro atoms. The van der Waals surface area contributed by atoms with E-state index in [2.05, 4.69) is 10.3 Å². The van der Waals surface area contributed by atoms with E-state index in [1.165, 1.54) is 34.4 Å². The molecule has 0 saturated heterocycles. The SMILES string of the molecule is Cc1c(Cl)cccc1NC(=O)Cn1cnc2c(-c3ccc(F)cc3)csc2c1=O. The topological polar surface area (TPSA) is 64.0 Å². The van der Waals surface area contributed by atoms with Crippen molar-refractivity contribution in [3.8, 4) is 11.1 Å². The lowest BCUT2D eigenvalue weighted by molar-refractivity contribution is -0.116. The second kappa shape index (κ2) is 7.77. The lowest BCUT2D eigenvalue weighted by atomic mass is 10.1. The van der Waals surface area contributed by atoms with Gasteiger partial charge < -0.3 is 5.32 Å². The lowest BCUT2D eigenvalue weighted by Gasteiger charge is -2.10. The number of halogens is 2. The molecule has 4 rings (SSSR count). The molecule has 0 aliphatic rings. The smallest absolute Gasteiger partial charge is 0.271 e. The van der Waals surface area contributed by atoms with Gasteiger partial charge >= 0.3 is 0 Å². The standard InChI is InChI=1S/C21H15ClFN3O2S/c1-12-16(22)3-2-4-17(12)25-18(27)9-26-11-24-19-15(10-29-20(19)21(26)28)13-5-7-14(23)8-6-13/h2-8,10-11H,9H2,1H3,(H,25,27). The molecule has 0 radical (unpaired) electrons. The summed E-state index contributed by atoms with van der Waals surface area (Å²) in [6.45, 7) is 1.64. The van der Waals surface area contributed by atoms with Gasteiger partial charge in [-0.3, -0.25) is 14.2 Å². The van der Waals surface area contributed by atoms with Crippen LogP contribution in [0.5, 0.6) is 0 Å². The fourth-order valence-electron chi connectivity index (χ4n) is 2.98. The normalized spacial score (nSPS) is 11.0. The third-order valence-corrected chi connectivity index (χ3v) is 5.92. The number of amides is 1. The maximum absolute atomic E-state index is 13.2. The summed E-state index contributed by atoms with van der Waals surface area (Å²) in [5.41, 5.74) is 3.12. The molecular formula is C21H15ClFN3O2S. The number of hydrogen-bond donors (Lipinski definition) is 1. The molecule has 29 heavy (non-hydrogen) atoms. The van der Waals surface area contributed by atoms with Crippen LogP contribution in [0.25, 0.3) is 21.3 Å². The van der Waals surface area contributed by atoms with Crippen LogP contribution in [0.1, 0.15) is 5.56 Å². The number of aromatic nitrogens is 2. The largest absolute Gasteiger partial charge is 0.324 e. The molecule has 0 fully saturated rings. The Hall–Kier alpha value is -3.03. The van der Waals surface area contributed by atoms with E-state index < -0.39 is 0 Å². The zero-order valence-electron chi connectivity index (χ0n) is 15.3. The van der Waals surface area contributed by atoms with Crippen molar-refractivity contribution >= 4 is 44.7 Å². The molecule has 1 N–H and O–H groups in total. The van der Waals surface area contributed by atoms with Gasteiger partial charge in [0.1, 0.15) is 17.1 Å². The highest BCUT2D eigenvalue weighted by atomic mass is 35.5. The van der Waals surface area contributed by atoms with Crippen LogP contribution in [0.2, 0.25) is 5.02 Å². The molecule has 0 unspecified atom stereocenters. The third kappa shape index (κ3) is 3.79. The maximum Gasteiger partial charge on any atom is 0.271 e. The van der Waals surface area contributed by atoms with E-state index in [-0.39, 0.29) is 23.8 Å². The van der Waals surface area contributed by atoms with Crippen molar-refractivity contribution in [2.75, 3.05) is 5.32 Å². The minimum atomic E-state index is -0.353. The van der Waals surface area contributed by atoms with Gasteiger partial charge in [-0.05, 0) is 42.3 Å². The number of fused-ring (bicyclic) bond motifs is 1. The number of thiophene rings is 1.